The number of nitrogens with zero attached hydrogens (tertiary/aromatic N) is 3. The van der Waals surface area contributed by atoms with Crippen LogP contribution in [0, 0.1) is 0 Å². The number of aromatic nitrogens is 3. The van der Waals surface area contributed by atoms with E-state index in [0.717, 1.165) is 5.56 Å². The molecule has 7 heteroatoms. The van der Waals surface area contributed by atoms with E-state index in [0.29, 0.717) is 11.6 Å². The van der Waals surface area contributed by atoms with Gasteiger partial charge in [-0.25, -0.2) is 0 Å². The van der Waals surface area contributed by atoms with Gasteiger partial charge in [0.25, 0.3) is 0 Å². The Morgan fingerprint density at radius 3 is 2.47 bits per heavy atom. The number of rotatable bonds is 5. The molecule has 0 saturated carbocycles. The summed E-state index contributed by atoms with van der Waals surface area (Å²) in [5.41, 5.74) is 0.905. The molecule has 1 heterocycles. The van der Waals surface area contributed by atoms with Crippen LogP contribution in [0.5, 0.6) is 12.0 Å². The molecule has 0 atom stereocenters. The first-order chi connectivity index (χ1) is 9.17. The van der Waals surface area contributed by atoms with Crippen molar-refractivity contribution in [2.75, 3.05) is 6.61 Å². The average molecular weight is 300 g/mol. The molecule has 0 bridgehead atoms. The third-order valence-electron chi connectivity index (χ3n) is 2.10. The smallest absolute Gasteiger partial charge is 0.324 e. The Bertz CT molecular complexity index is 566. The van der Waals surface area contributed by atoms with E-state index in [1.165, 1.54) is 0 Å². The van der Waals surface area contributed by atoms with Gasteiger partial charge in [0.05, 0.1) is 6.61 Å². The molecular formula is C12H11Cl2N3O2. The first-order valence-corrected chi connectivity index (χ1v) is 6.34. The molecule has 5 nitrogen and oxygen atoms in total. The van der Waals surface area contributed by atoms with E-state index in [1.807, 2.05) is 19.1 Å². The number of hydrogen-bond donors (Lipinski definition) is 0. The van der Waals surface area contributed by atoms with Gasteiger partial charge in [0.15, 0.2) is 0 Å². The molecule has 0 N–H and O–H groups in total. The summed E-state index contributed by atoms with van der Waals surface area (Å²) in [6.45, 7) is 2.55. The Morgan fingerprint density at radius 2 is 1.79 bits per heavy atom. The van der Waals surface area contributed by atoms with Crippen molar-refractivity contribution in [2.45, 2.75) is 13.5 Å². The lowest BCUT2D eigenvalue weighted by Gasteiger charge is -2.06. The summed E-state index contributed by atoms with van der Waals surface area (Å²) in [7, 11) is 0. The Kier molecular flexibility index (Phi) is 4.76. The van der Waals surface area contributed by atoms with Crippen LogP contribution in [-0.2, 0) is 6.61 Å². The number of benzene rings is 1. The lowest BCUT2D eigenvalue weighted by atomic mass is 10.2. The van der Waals surface area contributed by atoms with Crippen LogP contribution in [0.4, 0.5) is 0 Å². The van der Waals surface area contributed by atoms with Crippen molar-refractivity contribution in [2.24, 2.45) is 0 Å². The van der Waals surface area contributed by atoms with Crippen LogP contribution in [0.2, 0.25) is 10.3 Å². The van der Waals surface area contributed by atoms with Gasteiger partial charge in [0, 0.05) is 5.02 Å². The maximum absolute atomic E-state index is 5.88. The molecule has 0 aliphatic carbocycles. The van der Waals surface area contributed by atoms with E-state index in [-0.39, 0.29) is 23.9 Å². The second kappa shape index (κ2) is 6.54. The molecule has 19 heavy (non-hydrogen) atoms. The molecule has 0 spiro atoms. The normalized spacial score (nSPS) is 10.3. The van der Waals surface area contributed by atoms with E-state index in [1.54, 1.807) is 12.1 Å². The van der Waals surface area contributed by atoms with Crippen LogP contribution in [0.1, 0.15) is 12.5 Å². The van der Waals surface area contributed by atoms with E-state index >= 15 is 0 Å². The minimum absolute atomic E-state index is 0.0274. The van der Waals surface area contributed by atoms with Gasteiger partial charge in [0.1, 0.15) is 6.61 Å². The molecule has 1 aromatic heterocycles. The Labute approximate surface area is 120 Å². The lowest BCUT2D eigenvalue weighted by molar-refractivity contribution is 0.261. The van der Waals surface area contributed by atoms with Gasteiger partial charge in [-0.1, -0.05) is 23.7 Å². The zero-order chi connectivity index (χ0) is 13.7. The Hall–Kier alpha value is -1.59. The fourth-order valence-electron chi connectivity index (χ4n) is 1.35. The van der Waals surface area contributed by atoms with Crippen molar-refractivity contribution in [3.63, 3.8) is 0 Å². The van der Waals surface area contributed by atoms with Crippen molar-refractivity contribution >= 4 is 23.2 Å². The quantitative estimate of drug-likeness (QED) is 0.849. The molecule has 2 rings (SSSR count). The highest BCUT2D eigenvalue weighted by Gasteiger charge is 2.07. The minimum atomic E-state index is 0.0274. The largest absolute Gasteiger partial charge is 0.464 e. The third kappa shape index (κ3) is 4.22. The Morgan fingerprint density at radius 1 is 1.05 bits per heavy atom. The fraction of sp³-hybridized carbons (Fsp3) is 0.250. The van der Waals surface area contributed by atoms with E-state index < -0.39 is 0 Å². The standard InChI is InChI=1S/C12H11Cl2N3O2/c1-2-18-11-15-10(14)16-12(17-11)19-7-8-4-3-5-9(13)6-8/h3-6H,2,7H2,1H3. The molecule has 0 fully saturated rings. The number of ether oxygens (including phenoxy) is 2. The first-order valence-electron chi connectivity index (χ1n) is 5.59. The lowest BCUT2D eigenvalue weighted by Crippen LogP contribution is -2.04. The van der Waals surface area contributed by atoms with Crippen LogP contribution < -0.4 is 9.47 Å². The summed E-state index contributed by atoms with van der Waals surface area (Å²) < 4.78 is 10.6. The number of halogens is 2. The first kappa shape index (κ1) is 13.8. The molecule has 2 aromatic rings. The predicted octanol–water partition coefficient (Wildman–Crippen LogP) is 3.16. The van der Waals surface area contributed by atoms with Gasteiger partial charge in [-0.05, 0) is 36.2 Å². The predicted molar refractivity (Wildman–Crippen MR) is 71.8 cm³/mol. The van der Waals surface area contributed by atoms with Crippen LogP contribution in [0.25, 0.3) is 0 Å². The van der Waals surface area contributed by atoms with Crippen LogP contribution >= 0.6 is 23.2 Å². The van der Waals surface area contributed by atoms with E-state index in [9.17, 15) is 0 Å². The van der Waals surface area contributed by atoms with Crippen molar-refractivity contribution in [3.05, 3.63) is 40.1 Å². The molecular weight excluding hydrogens is 289 g/mol. The SMILES string of the molecule is CCOc1nc(Cl)nc(OCc2cccc(Cl)c2)n1. The van der Waals surface area contributed by atoms with Gasteiger partial charge in [0.2, 0.25) is 5.28 Å². The summed E-state index contributed by atoms with van der Waals surface area (Å²) >= 11 is 11.6. The second-order valence-electron chi connectivity index (χ2n) is 3.52. The minimum Gasteiger partial charge on any atom is -0.464 e. The van der Waals surface area contributed by atoms with Crippen LogP contribution in [-0.4, -0.2) is 21.6 Å². The van der Waals surface area contributed by atoms with Crippen LogP contribution in [0.15, 0.2) is 24.3 Å². The van der Waals surface area contributed by atoms with Gasteiger partial charge in [-0.3, -0.25) is 0 Å². The highest BCUT2D eigenvalue weighted by atomic mass is 35.5. The van der Waals surface area contributed by atoms with Crippen molar-refractivity contribution in [1.29, 1.82) is 0 Å². The van der Waals surface area contributed by atoms with Gasteiger partial charge < -0.3 is 9.47 Å². The molecule has 0 aliphatic heterocycles. The molecule has 100 valence electrons. The van der Waals surface area contributed by atoms with E-state index in [2.05, 4.69) is 15.0 Å². The van der Waals surface area contributed by atoms with Crippen LogP contribution in [0.3, 0.4) is 0 Å². The average Bonchev–Trinajstić information content (AvgIpc) is 2.36. The maximum Gasteiger partial charge on any atom is 0.324 e. The van der Waals surface area contributed by atoms with Crippen molar-refractivity contribution in [1.82, 2.24) is 15.0 Å². The zero-order valence-electron chi connectivity index (χ0n) is 10.1. The van der Waals surface area contributed by atoms with Gasteiger partial charge in [-0.15, -0.1) is 4.98 Å². The summed E-state index contributed by atoms with van der Waals surface area (Å²) in [5, 5.41) is 0.671. The molecule has 0 aliphatic rings. The molecule has 0 amide bonds. The second-order valence-corrected chi connectivity index (χ2v) is 4.30. The summed E-state index contributed by atoms with van der Waals surface area (Å²) in [4.78, 5) is 11.7. The van der Waals surface area contributed by atoms with E-state index in [4.69, 9.17) is 32.7 Å². The summed E-state index contributed by atoms with van der Waals surface area (Å²) in [5.74, 6) is 0. The topological polar surface area (TPSA) is 57.1 Å². The Balaban J connectivity index is 2.06. The monoisotopic (exact) mass is 299 g/mol. The highest BCUT2D eigenvalue weighted by molar-refractivity contribution is 6.30. The number of hydrogen-bond acceptors (Lipinski definition) is 5. The maximum atomic E-state index is 5.88. The third-order valence-corrected chi connectivity index (χ3v) is 2.50. The summed E-state index contributed by atoms with van der Waals surface area (Å²) in [6, 6.07) is 7.57. The van der Waals surface area contributed by atoms with Gasteiger partial charge >= 0.3 is 12.0 Å². The van der Waals surface area contributed by atoms with Crippen molar-refractivity contribution < 1.29 is 9.47 Å². The molecule has 1 aromatic carbocycles. The molecule has 0 saturated heterocycles. The van der Waals surface area contributed by atoms with Gasteiger partial charge in [-0.2, -0.15) is 9.97 Å². The van der Waals surface area contributed by atoms with Crippen molar-refractivity contribution in [3.8, 4) is 12.0 Å². The fourth-order valence-corrected chi connectivity index (χ4v) is 1.70. The molecule has 0 radical (unpaired) electrons. The molecule has 0 unspecified atom stereocenters. The summed E-state index contributed by atoms with van der Waals surface area (Å²) in [6.07, 6.45) is 0. The highest BCUT2D eigenvalue weighted by Crippen LogP contribution is 2.16. The zero-order valence-corrected chi connectivity index (χ0v) is 11.6.